The summed E-state index contributed by atoms with van der Waals surface area (Å²) in [4.78, 5) is 4.37. The first kappa shape index (κ1) is 11.2. The van der Waals surface area contributed by atoms with Gasteiger partial charge in [0.05, 0.1) is 0 Å². The van der Waals surface area contributed by atoms with Crippen LogP contribution >= 0.6 is 35.0 Å². The molecule has 0 saturated heterocycles. The van der Waals surface area contributed by atoms with Crippen LogP contribution in [0.1, 0.15) is 12.8 Å². The second kappa shape index (κ2) is 6.57. The van der Waals surface area contributed by atoms with Crippen LogP contribution in [0.4, 0.5) is 0 Å². The van der Waals surface area contributed by atoms with Crippen molar-refractivity contribution in [3.63, 3.8) is 0 Å². The van der Waals surface area contributed by atoms with E-state index in [0.717, 1.165) is 24.0 Å². The van der Waals surface area contributed by atoms with E-state index in [4.69, 9.17) is 23.2 Å². The van der Waals surface area contributed by atoms with Gasteiger partial charge >= 0.3 is 0 Å². The van der Waals surface area contributed by atoms with Crippen LogP contribution in [0.3, 0.4) is 0 Å². The van der Waals surface area contributed by atoms with Crippen LogP contribution < -0.4 is 5.32 Å². The molecule has 0 saturated carbocycles. The van der Waals surface area contributed by atoms with E-state index >= 15 is 0 Å². The third kappa shape index (κ3) is 5.45. The molecule has 0 amide bonds. The maximum absolute atomic E-state index is 5.48. The van der Waals surface area contributed by atoms with Gasteiger partial charge in [0.15, 0.2) is 5.17 Å². The summed E-state index contributed by atoms with van der Waals surface area (Å²) in [6, 6.07) is 0. The highest BCUT2D eigenvalue weighted by atomic mass is 35.5. The van der Waals surface area contributed by atoms with Crippen molar-refractivity contribution in [1.29, 1.82) is 0 Å². The monoisotopic (exact) mass is 238 g/mol. The van der Waals surface area contributed by atoms with Gasteiger partial charge in [0, 0.05) is 18.8 Å². The fourth-order valence-corrected chi connectivity index (χ4v) is 2.08. The molecule has 2 nitrogen and oxygen atoms in total. The summed E-state index contributed by atoms with van der Waals surface area (Å²) >= 11 is 12.6. The number of nitrogens with zero attached hydrogens (tertiary/aromatic N) is 1. The Hall–Kier alpha value is 0.140. The fraction of sp³-hybridized carbons (Fsp3) is 0.625. The number of halogens is 2. The maximum Gasteiger partial charge on any atom is 0.156 e. The summed E-state index contributed by atoms with van der Waals surface area (Å²) < 4.78 is 0.321. The van der Waals surface area contributed by atoms with Gasteiger partial charge in [0.25, 0.3) is 0 Å². The van der Waals surface area contributed by atoms with E-state index in [-0.39, 0.29) is 0 Å². The highest BCUT2D eigenvalue weighted by Crippen LogP contribution is 2.11. The van der Waals surface area contributed by atoms with Crippen molar-refractivity contribution in [3.05, 3.63) is 10.6 Å². The molecule has 0 aromatic heterocycles. The van der Waals surface area contributed by atoms with Crippen molar-refractivity contribution in [2.75, 3.05) is 18.8 Å². The van der Waals surface area contributed by atoms with Crippen molar-refractivity contribution in [2.45, 2.75) is 12.8 Å². The summed E-state index contributed by atoms with van der Waals surface area (Å²) in [6.45, 7) is 1.94. The first-order chi connectivity index (χ1) is 6.29. The molecule has 0 bridgehead atoms. The number of nitrogens with one attached hydrogen (secondary N) is 1. The smallest absolute Gasteiger partial charge is 0.156 e. The predicted octanol–water partition coefficient (Wildman–Crippen LogP) is 2.78. The van der Waals surface area contributed by atoms with Gasteiger partial charge in [-0.2, -0.15) is 0 Å². The Kier molecular flexibility index (Phi) is 5.67. The number of hydrogen-bond acceptors (Lipinski definition) is 3. The standard InChI is InChI=1S/C8H12Cl2N2S/c9-7(10)3-6-13-8-11-4-1-2-5-12-8/h3H,1-2,4-6H2,(H,11,12). The average molecular weight is 239 g/mol. The molecule has 0 radical (unpaired) electrons. The van der Waals surface area contributed by atoms with Crippen LogP contribution in [-0.4, -0.2) is 24.0 Å². The van der Waals surface area contributed by atoms with Crippen molar-refractivity contribution in [2.24, 2.45) is 4.99 Å². The zero-order chi connectivity index (χ0) is 9.52. The second-order valence-corrected chi connectivity index (χ2v) is 4.64. The lowest BCUT2D eigenvalue weighted by atomic mass is 10.3. The Labute approximate surface area is 92.8 Å². The van der Waals surface area contributed by atoms with Gasteiger partial charge in [-0.15, -0.1) is 0 Å². The molecule has 13 heavy (non-hydrogen) atoms. The number of thioether (sulfide) groups is 1. The van der Waals surface area contributed by atoms with Gasteiger partial charge in [-0.1, -0.05) is 35.0 Å². The minimum atomic E-state index is 0.321. The van der Waals surface area contributed by atoms with Gasteiger partial charge < -0.3 is 5.32 Å². The Morgan fingerprint density at radius 1 is 1.54 bits per heavy atom. The second-order valence-electron chi connectivity index (χ2n) is 2.63. The van der Waals surface area contributed by atoms with Gasteiger partial charge in [-0.3, -0.25) is 4.99 Å². The van der Waals surface area contributed by atoms with E-state index in [1.54, 1.807) is 17.8 Å². The summed E-state index contributed by atoms with van der Waals surface area (Å²) in [5.41, 5.74) is 0. The van der Waals surface area contributed by atoms with E-state index in [1.807, 2.05) is 0 Å². The molecule has 1 aliphatic heterocycles. The molecule has 5 heteroatoms. The van der Waals surface area contributed by atoms with Crippen LogP contribution in [0.5, 0.6) is 0 Å². The van der Waals surface area contributed by atoms with Crippen molar-refractivity contribution in [1.82, 2.24) is 5.32 Å². The van der Waals surface area contributed by atoms with Crippen molar-refractivity contribution < 1.29 is 0 Å². The number of aliphatic imine (C=N–C) groups is 1. The zero-order valence-electron chi connectivity index (χ0n) is 7.22. The minimum Gasteiger partial charge on any atom is -0.365 e. The highest BCUT2D eigenvalue weighted by Gasteiger charge is 2.01. The topological polar surface area (TPSA) is 24.4 Å². The zero-order valence-corrected chi connectivity index (χ0v) is 9.55. The molecule has 0 fully saturated rings. The van der Waals surface area contributed by atoms with Crippen LogP contribution in [0, 0.1) is 0 Å². The summed E-state index contributed by atoms with van der Waals surface area (Å²) in [6.07, 6.45) is 4.13. The first-order valence-electron chi connectivity index (χ1n) is 4.21. The third-order valence-electron chi connectivity index (χ3n) is 1.57. The van der Waals surface area contributed by atoms with E-state index in [2.05, 4.69) is 10.3 Å². The highest BCUT2D eigenvalue weighted by molar-refractivity contribution is 8.13. The molecule has 0 unspecified atom stereocenters. The predicted molar refractivity (Wildman–Crippen MR) is 61.8 cm³/mol. The quantitative estimate of drug-likeness (QED) is 0.801. The van der Waals surface area contributed by atoms with Crippen molar-refractivity contribution >= 4 is 40.1 Å². The lowest BCUT2D eigenvalue weighted by Gasteiger charge is -2.03. The summed E-state index contributed by atoms with van der Waals surface area (Å²) in [5, 5.41) is 4.26. The van der Waals surface area contributed by atoms with Gasteiger partial charge in [0.1, 0.15) is 4.49 Å². The van der Waals surface area contributed by atoms with Gasteiger partial charge in [-0.25, -0.2) is 0 Å². The van der Waals surface area contributed by atoms with Gasteiger partial charge in [-0.05, 0) is 18.9 Å². The Morgan fingerprint density at radius 2 is 2.38 bits per heavy atom. The molecule has 1 N–H and O–H groups in total. The number of amidine groups is 1. The maximum atomic E-state index is 5.48. The molecular weight excluding hydrogens is 227 g/mol. The molecule has 0 aliphatic carbocycles. The SMILES string of the molecule is ClC(Cl)=CCSC1=NCCCCN1. The lowest BCUT2D eigenvalue weighted by molar-refractivity contribution is 0.750. The largest absolute Gasteiger partial charge is 0.365 e. The van der Waals surface area contributed by atoms with E-state index in [1.165, 1.54) is 12.8 Å². The Balaban J connectivity index is 2.26. The molecule has 1 heterocycles. The normalized spacial score (nSPS) is 16.9. The molecule has 0 aromatic carbocycles. The molecule has 74 valence electrons. The van der Waals surface area contributed by atoms with Crippen LogP contribution in [0.25, 0.3) is 0 Å². The van der Waals surface area contributed by atoms with E-state index in [9.17, 15) is 0 Å². The third-order valence-corrected chi connectivity index (χ3v) is 2.76. The van der Waals surface area contributed by atoms with Crippen LogP contribution in [0.2, 0.25) is 0 Å². The van der Waals surface area contributed by atoms with E-state index < -0.39 is 0 Å². The van der Waals surface area contributed by atoms with Gasteiger partial charge in [0.2, 0.25) is 0 Å². The summed E-state index contributed by atoms with van der Waals surface area (Å²) in [7, 11) is 0. The molecule has 1 rings (SSSR count). The molecule has 0 spiro atoms. The van der Waals surface area contributed by atoms with E-state index in [0.29, 0.717) is 4.49 Å². The lowest BCUT2D eigenvalue weighted by Crippen LogP contribution is -2.20. The molecular formula is C8H12Cl2N2S. The Bertz CT molecular complexity index is 212. The molecule has 0 atom stereocenters. The van der Waals surface area contributed by atoms with Crippen molar-refractivity contribution in [3.8, 4) is 0 Å². The summed E-state index contributed by atoms with van der Waals surface area (Å²) in [5.74, 6) is 0.772. The number of hydrogen-bond donors (Lipinski definition) is 1. The fourth-order valence-electron chi connectivity index (χ4n) is 0.949. The molecule has 0 aromatic rings. The number of rotatable bonds is 2. The minimum absolute atomic E-state index is 0.321. The Morgan fingerprint density at radius 3 is 3.15 bits per heavy atom. The first-order valence-corrected chi connectivity index (χ1v) is 5.95. The van der Waals surface area contributed by atoms with Crippen LogP contribution in [-0.2, 0) is 0 Å². The van der Waals surface area contributed by atoms with Crippen LogP contribution in [0.15, 0.2) is 15.6 Å². The average Bonchev–Trinajstić information content (AvgIpc) is 2.32. The molecule has 1 aliphatic rings.